The van der Waals surface area contributed by atoms with Gasteiger partial charge in [-0.15, -0.1) is 0 Å². The van der Waals surface area contributed by atoms with Crippen LogP contribution in [0.1, 0.15) is 46.1 Å². The van der Waals surface area contributed by atoms with Crippen LogP contribution in [0.15, 0.2) is 24.3 Å². The molecule has 21 heavy (non-hydrogen) atoms. The number of carbonyl (C=O) groups excluding carboxylic acids is 2. The third kappa shape index (κ3) is 6.79. The average Bonchev–Trinajstić information content (AvgIpc) is 2.35. The first-order valence-corrected chi connectivity index (χ1v) is 6.95. The van der Waals surface area contributed by atoms with E-state index in [0.29, 0.717) is 11.7 Å². The number of rotatable bonds is 4. The number of hydrogen-bond acceptors (Lipinski definition) is 4. The molecular weight excluding hydrogens is 270 g/mol. The molecule has 5 heteroatoms. The number of ether oxygens (including phenoxy) is 2. The van der Waals surface area contributed by atoms with Crippen LogP contribution >= 0.6 is 0 Å². The summed E-state index contributed by atoms with van der Waals surface area (Å²) in [5.74, 6) is 0.331. The minimum Gasteiger partial charge on any atom is -0.444 e. The zero-order valence-corrected chi connectivity index (χ0v) is 13.2. The van der Waals surface area contributed by atoms with E-state index in [0.717, 1.165) is 0 Å². The van der Waals surface area contributed by atoms with Gasteiger partial charge in [0.25, 0.3) is 0 Å². The Morgan fingerprint density at radius 1 is 1.14 bits per heavy atom. The maximum absolute atomic E-state index is 11.6. The van der Waals surface area contributed by atoms with Crippen molar-refractivity contribution >= 4 is 12.1 Å². The minimum atomic E-state index is -0.644. The zero-order chi connectivity index (χ0) is 16.0. The van der Waals surface area contributed by atoms with Crippen LogP contribution in [0.5, 0.6) is 5.75 Å². The first-order valence-electron chi connectivity index (χ1n) is 6.95. The summed E-state index contributed by atoms with van der Waals surface area (Å²) in [4.78, 5) is 23.0. The van der Waals surface area contributed by atoms with Crippen molar-refractivity contribution in [3.63, 3.8) is 0 Å². The molecule has 1 aromatic carbocycles. The van der Waals surface area contributed by atoms with Crippen molar-refractivity contribution in [2.24, 2.45) is 0 Å². The molecule has 116 valence electrons. The van der Waals surface area contributed by atoms with Crippen LogP contribution in [0.3, 0.4) is 0 Å². The van der Waals surface area contributed by atoms with E-state index in [1.54, 1.807) is 32.9 Å². The van der Waals surface area contributed by atoms with Gasteiger partial charge in [0, 0.05) is 0 Å². The Bertz CT molecular complexity index is 486. The predicted octanol–water partition coefficient (Wildman–Crippen LogP) is 3.24. The Morgan fingerprint density at radius 2 is 1.71 bits per heavy atom. The van der Waals surface area contributed by atoms with Crippen LogP contribution in [-0.2, 0) is 9.53 Å². The van der Waals surface area contributed by atoms with Gasteiger partial charge in [0.15, 0.2) is 0 Å². The van der Waals surface area contributed by atoms with E-state index >= 15 is 0 Å². The molecule has 0 aliphatic carbocycles. The number of esters is 1. The van der Waals surface area contributed by atoms with Crippen molar-refractivity contribution in [3.8, 4) is 5.75 Å². The second-order valence-corrected chi connectivity index (χ2v) is 6.05. The standard InChI is InChI=1S/C16H23NO4/c1-11(2)12-6-8-13(9-7-12)20-14(18)10-17-15(19)21-16(3,4)5/h6-9,11H,10H2,1-5H3,(H,17,19). The second-order valence-electron chi connectivity index (χ2n) is 6.05. The molecule has 1 aromatic rings. The Hall–Kier alpha value is -2.04. The molecule has 0 aliphatic rings. The molecule has 0 spiro atoms. The highest BCUT2D eigenvalue weighted by Crippen LogP contribution is 2.18. The van der Waals surface area contributed by atoms with Gasteiger partial charge in [0.05, 0.1) is 0 Å². The highest BCUT2D eigenvalue weighted by molar-refractivity contribution is 5.79. The summed E-state index contributed by atoms with van der Waals surface area (Å²) in [5.41, 5.74) is 0.572. The topological polar surface area (TPSA) is 64.6 Å². The Balaban J connectivity index is 2.42. The van der Waals surface area contributed by atoms with Gasteiger partial charge in [-0.3, -0.25) is 0 Å². The van der Waals surface area contributed by atoms with E-state index < -0.39 is 17.7 Å². The minimum absolute atomic E-state index is 0.235. The summed E-state index contributed by atoms with van der Waals surface area (Å²) in [5, 5.41) is 2.35. The van der Waals surface area contributed by atoms with Gasteiger partial charge in [0.2, 0.25) is 0 Å². The van der Waals surface area contributed by atoms with E-state index in [4.69, 9.17) is 9.47 Å². The molecule has 0 radical (unpaired) electrons. The number of amides is 1. The third-order valence-electron chi connectivity index (χ3n) is 2.55. The van der Waals surface area contributed by atoms with Crippen LogP contribution in [0, 0.1) is 0 Å². The first-order chi connectivity index (χ1) is 9.67. The van der Waals surface area contributed by atoms with Gasteiger partial charge in [-0.25, -0.2) is 9.59 Å². The summed E-state index contributed by atoms with van der Waals surface area (Å²) in [6.07, 6.45) is -0.644. The van der Waals surface area contributed by atoms with E-state index in [1.165, 1.54) is 5.56 Å². The maximum Gasteiger partial charge on any atom is 0.408 e. The van der Waals surface area contributed by atoms with Crippen molar-refractivity contribution in [2.45, 2.75) is 46.1 Å². The summed E-state index contributed by atoms with van der Waals surface area (Å²) < 4.78 is 10.1. The van der Waals surface area contributed by atoms with Gasteiger partial charge >= 0.3 is 12.1 Å². The Labute approximate surface area is 125 Å². The Kier molecular flexibility index (Phi) is 5.76. The molecule has 5 nitrogen and oxygen atoms in total. The molecule has 0 heterocycles. The fourth-order valence-electron chi connectivity index (χ4n) is 1.55. The molecule has 0 unspecified atom stereocenters. The lowest BCUT2D eigenvalue weighted by Crippen LogP contribution is -2.36. The van der Waals surface area contributed by atoms with E-state index in [-0.39, 0.29) is 6.54 Å². The summed E-state index contributed by atoms with van der Waals surface area (Å²) in [6.45, 7) is 9.20. The third-order valence-corrected chi connectivity index (χ3v) is 2.55. The first kappa shape index (κ1) is 17.0. The van der Waals surface area contributed by atoms with Gasteiger partial charge in [-0.2, -0.15) is 0 Å². The lowest BCUT2D eigenvalue weighted by Gasteiger charge is -2.19. The predicted molar refractivity (Wildman–Crippen MR) is 80.4 cm³/mol. The molecular formula is C16H23NO4. The van der Waals surface area contributed by atoms with Crippen LogP contribution in [0.2, 0.25) is 0 Å². The van der Waals surface area contributed by atoms with Crippen molar-refractivity contribution in [1.29, 1.82) is 0 Å². The van der Waals surface area contributed by atoms with Crippen LogP contribution in [0.25, 0.3) is 0 Å². The van der Waals surface area contributed by atoms with E-state index in [9.17, 15) is 9.59 Å². The van der Waals surface area contributed by atoms with Crippen molar-refractivity contribution in [1.82, 2.24) is 5.32 Å². The molecule has 0 saturated carbocycles. The molecule has 1 amide bonds. The maximum atomic E-state index is 11.6. The van der Waals surface area contributed by atoms with Gasteiger partial charge in [-0.05, 0) is 44.4 Å². The lowest BCUT2D eigenvalue weighted by atomic mass is 10.0. The lowest BCUT2D eigenvalue weighted by molar-refractivity contribution is -0.133. The average molecular weight is 293 g/mol. The molecule has 1 N–H and O–H groups in total. The normalized spacial score (nSPS) is 11.1. The zero-order valence-electron chi connectivity index (χ0n) is 13.2. The fourth-order valence-corrected chi connectivity index (χ4v) is 1.55. The van der Waals surface area contributed by atoms with Gasteiger partial charge < -0.3 is 14.8 Å². The molecule has 0 aromatic heterocycles. The van der Waals surface area contributed by atoms with Crippen LogP contribution < -0.4 is 10.1 Å². The molecule has 1 rings (SSSR count). The highest BCUT2D eigenvalue weighted by atomic mass is 16.6. The summed E-state index contributed by atoms with van der Waals surface area (Å²) in [6, 6.07) is 7.30. The van der Waals surface area contributed by atoms with Gasteiger partial charge in [-0.1, -0.05) is 26.0 Å². The molecule has 0 fully saturated rings. The summed E-state index contributed by atoms with van der Waals surface area (Å²) >= 11 is 0. The molecule has 0 bridgehead atoms. The monoisotopic (exact) mass is 293 g/mol. The second kappa shape index (κ2) is 7.11. The molecule has 0 saturated heterocycles. The molecule has 0 aliphatic heterocycles. The van der Waals surface area contributed by atoms with Crippen molar-refractivity contribution < 1.29 is 19.1 Å². The molecule has 0 atom stereocenters. The highest BCUT2D eigenvalue weighted by Gasteiger charge is 2.17. The van der Waals surface area contributed by atoms with Gasteiger partial charge in [0.1, 0.15) is 17.9 Å². The number of benzene rings is 1. The van der Waals surface area contributed by atoms with E-state index in [2.05, 4.69) is 19.2 Å². The smallest absolute Gasteiger partial charge is 0.408 e. The number of hydrogen-bond donors (Lipinski definition) is 1. The number of nitrogens with one attached hydrogen (secondary N) is 1. The van der Waals surface area contributed by atoms with Crippen LogP contribution in [0.4, 0.5) is 4.79 Å². The number of carbonyl (C=O) groups is 2. The fraction of sp³-hybridized carbons (Fsp3) is 0.500. The quantitative estimate of drug-likeness (QED) is 0.683. The van der Waals surface area contributed by atoms with Crippen molar-refractivity contribution in [2.75, 3.05) is 6.54 Å². The van der Waals surface area contributed by atoms with E-state index in [1.807, 2.05) is 12.1 Å². The Morgan fingerprint density at radius 3 is 2.19 bits per heavy atom. The largest absolute Gasteiger partial charge is 0.444 e. The van der Waals surface area contributed by atoms with Crippen molar-refractivity contribution in [3.05, 3.63) is 29.8 Å². The SMILES string of the molecule is CC(C)c1ccc(OC(=O)CNC(=O)OC(C)(C)C)cc1. The summed E-state index contributed by atoms with van der Waals surface area (Å²) in [7, 11) is 0. The van der Waals surface area contributed by atoms with Crippen LogP contribution in [-0.4, -0.2) is 24.2 Å². The number of alkyl carbamates (subject to hydrolysis) is 1.